The highest BCUT2D eigenvalue weighted by Gasteiger charge is 2.07. The van der Waals surface area contributed by atoms with Crippen LogP contribution in [0, 0.1) is 0 Å². The number of carbonyl (C=O) groups excluding carboxylic acids is 1. The van der Waals surface area contributed by atoms with Crippen molar-refractivity contribution in [2.24, 2.45) is 5.73 Å². The van der Waals surface area contributed by atoms with E-state index in [1.165, 1.54) is 0 Å². The number of rotatable bonds is 5. The van der Waals surface area contributed by atoms with Crippen molar-refractivity contribution in [3.8, 4) is 0 Å². The molecule has 0 saturated heterocycles. The molecule has 88 valence electrons. The Morgan fingerprint density at radius 1 is 1.44 bits per heavy atom. The first-order valence-corrected chi connectivity index (χ1v) is 5.08. The van der Waals surface area contributed by atoms with Gasteiger partial charge in [0.05, 0.1) is 5.56 Å². The summed E-state index contributed by atoms with van der Waals surface area (Å²) in [4.78, 5) is 13.2. The summed E-state index contributed by atoms with van der Waals surface area (Å²) in [5.74, 6) is -0.473. The summed E-state index contributed by atoms with van der Waals surface area (Å²) in [7, 11) is 3.97. The zero-order chi connectivity index (χ0) is 12.1. The van der Waals surface area contributed by atoms with Gasteiger partial charge in [0.1, 0.15) is 0 Å². The highest BCUT2D eigenvalue weighted by molar-refractivity contribution is 5.99. The molecule has 0 unspecified atom stereocenters. The van der Waals surface area contributed by atoms with Crippen LogP contribution >= 0.6 is 0 Å². The number of amides is 1. The number of nitrogens with one attached hydrogen (secondary N) is 1. The third kappa shape index (κ3) is 3.43. The second-order valence-electron chi connectivity index (χ2n) is 3.90. The molecule has 0 aliphatic heterocycles. The molecule has 0 atom stereocenters. The Labute approximate surface area is 95.4 Å². The molecule has 0 spiro atoms. The minimum Gasteiger partial charge on any atom is -0.399 e. The lowest BCUT2D eigenvalue weighted by atomic mass is 10.1. The van der Waals surface area contributed by atoms with E-state index in [4.69, 9.17) is 11.5 Å². The van der Waals surface area contributed by atoms with Gasteiger partial charge in [0, 0.05) is 24.5 Å². The zero-order valence-corrected chi connectivity index (χ0v) is 9.66. The second-order valence-corrected chi connectivity index (χ2v) is 3.90. The maximum atomic E-state index is 11.2. The minimum absolute atomic E-state index is 0.429. The Hall–Kier alpha value is -1.75. The van der Waals surface area contributed by atoms with Crippen molar-refractivity contribution >= 4 is 17.3 Å². The van der Waals surface area contributed by atoms with Gasteiger partial charge in [0.2, 0.25) is 0 Å². The molecule has 1 rings (SSSR count). The van der Waals surface area contributed by atoms with Gasteiger partial charge >= 0.3 is 0 Å². The fourth-order valence-corrected chi connectivity index (χ4v) is 1.33. The topological polar surface area (TPSA) is 84.4 Å². The van der Waals surface area contributed by atoms with Crippen LogP contribution < -0.4 is 16.8 Å². The van der Waals surface area contributed by atoms with E-state index in [1.54, 1.807) is 18.2 Å². The predicted molar refractivity (Wildman–Crippen MR) is 66.4 cm³/mol. The SMILES string of the molecule is CN(C)CCNc1ccc(N)cc1C(N)=O. The molecule has 0 radical (unpaired) electrons. The number of hydrogen-bond acceptors (Lipinski definition) is 4. The van der Waals surface area contributed by atoms with E-state index in [1.807, 2.05) is 19.0 Å². The van der Waals surface area contributed by atoms with E-state index in [9.17, 15) is 4.79 Å². The van der Waals surface area contributed by atoms with Crippen LogP contribution in [0.1, 0.15) is 10.4 Å². The summed E-state index contributed by atoms with van der Waals surface area (Å²) < 4.78 is 0. The smallest absolute Gasteiger partial charge is 0.250 e. The maximum absolute atomic E-state index is 11.2. The number of nitrogens with two attached hydrogens (primary N) is 2. The van der Waals surface area contributed by atoms with Crippen molar-refractivity contribution < 1.29 is 4.79 Å². The minimum atomic E-state index is -0.473. The summed E-state index contributed by atoms with van der Waals surface area (Å²) in [6.45, 7) is 1.62. The first-order chi connectivity index (χ1) is 7.50. The van der Waals surface area contributed by atoms with Crippen LogP contribution in [0.3, 0.4) is 0 Å². The number of carbonyl (C=O) groups is 1. The average Bonchev–Trinajstić information content (AvgIpc) is 2.19. The predicted octanol–water partition coefficient (Wildman–Crippen LogP) is 0.341. The van der Waals surface area contributed by atoms with E-state index < -0.39 is 5.91 Å². The highest BCUT2D eigenvalue weighted by Crippen LogP contribution is 2.18. The van der Waals surface area contributed by atoms with Gasteiger partial charge in [-0.05, 0) is 32.3 Å². The molecule has 0 aromatic heterocycles. The Kier molecular flexibility index (Phi) is 4.13. The molecule has 0 aliphatic rings. The number of nitrogens with zero attached hydrogens (tertiary/aromatic N) is 1. The number of likely N-dealkylation sites (N-methyl/N-ethyl adjacent to an activating group) is 1. The van der Waals surface area contributed by atoms with Crippen molar-refractivity contribution in [2.75, 3.05) is 38.2 Å². The Morgan fingerprint density at radius 2 is 2.12 bits per heavy atom. The van der Waals surface area contributed by atoms with E-state index >= 15 is 0 Å². The van der Waals surface area contributed by atoms with E-state index in [-0.39, 0.29) is 0 Å². The van der Waals surface area contributed by atoms with Gasteiger partial charge in [-0.15, -0.1) is 0 Å². The first kappa shape index (κ1) is 12.3. The second kappa shape index (κ2) is 5.37. The fraction of sp³-hybridized carbons (Fsp3) is 0.364. The molecular weight excluding hydrogens is 204 g/mol. The Balaban J connectivity index is 2.75. The third-order valence-corrected chi connectivity index (χ3v) is 2.18. The molecule has 1 amide bonds. The van der Waals surface area contributed by atoms with E-state index in [0.29, 0.717) is 11.3 Å². The van der Waals surface area contributed by atoms with Crippen molar-refractivity contribution in [3.05, 3.63) is 23.8 Å². The third-order valence-electron chi connectivity index (χ3n) is 2.18. The molecule has 5 N–H and O–H groups in total. The van der Waals surface area contributed by atoms with Crippen LogP contribution in [-0.2, 0) is 0 Å². The lowest BCUT2D eigenvalue weighted by Crippen LogP contribution is -2.22. The Bertz CT molecular complexity index is 376. The van der Waals surface area contributed by atoms with Crippen LogP contribution in [0.4, 0.5) is 11.4 Å². The normalized spacial score (nSPS) is 10.4. The van der Waals surface area contributed by atoms with E-state index in [0.717, 1.165) is 18.8 Å². The first-order valence-electron chi connectivity index (χ1n) is 5.08. The van der Waals surface area contributed by atoms with Crippen molar-refractivity contribution in [1.82, 2.24) is 4.90 Å². The summed E-state index contributed by atoms with van der Waals surface area (Å²) in [6, 6.07) is 5.09. The molecule has 0 bridgehead atoms. The van der Waals surface area contributed by atoms with Gasteiger partial charge in [-0.25, -0.2) is 0 Å². The molecule has 0 heterocycles. The molecule has 5 heteroatoms. The molecule has 0 aliphatic carbocycles. The highest BCUT2D eigenvalue weighted by atomic mass is 16.1. The summed E-state index contributed by atoms with van der Waals surface area (Å²) in [5, 5.41) is 3.16. The molecule has 0 fully saturated rings. The summed E-state index contributed by atoms with van der Waals surface area (Å²) in [6.07, 6.45) is 0. The summed E-state index contributed by atoms with van der Waals surface area (Å²) >= 11 is 0. The van der Waals surface area contributed by atoms with Gasteiger partial charge in [-0.3, -0.25) is 4.79 Å². The molecule has 0 saturated carbocycles. The van der Waals surface area contributed by atoms with Crippen LogP contribution in [-0.4, -0.2) is 38.0 Å². The Morgan fingerprint density at radius 3 is 2.69 bits per heavy atom. The molecular formula is C11H18N4O. The molecule has 1 aromatic rings. The summed E-state index contributed by atoms with van der Waals surface area (Å²) in [5.41, 5.74) is 12.6. The van der Waals surface area contributed by atoms with Crippen LogP contribution in [0.25, 0.3) is 0 Å². The average molecular weight is 222 g/mol. The molecule has 16 heavy (non-hydrogen) atoms. The van der Waals surface area contributed by atoms with Gasteiger partial charge in [-0.1, -0.05) is 0 Å². The lowest BCUT2D eigenvalue weighted by Gasteiger charge is -2.13. The number of hydrogen-bond donors (Lipinski definition) is 3. The zero-order valence-electron chi connectivity index (χ0n) is 9.66. The monoisotopic (exact) mass is 222 g/mol. The van der Waals surface area contributed by atoms with Crippen molar-refractivity contribution in [1.29, 1.82) is 0 Å². The van der Waals surface area contributed by atoms with Crippen molar-refractivity contribution in [3.63, 3.8) is 0 Å². The van der Waals surface area contributed by atoms with Crippen LogP contribution in [0.5, 0.6) is 0 Å². The van der Waals surface area contributed by atoms with Gasteiger partial charge in [0.25, 0.3) is 5.91 Å². The number of benzene rings is 1. The van der Waals surface area contributed by atoms with Gasteiger partial charge < -0.3 is 21.7 Å². The van der Waals surface area contributed by atoms with Gasteiger partial charge in [0.15, 0.2) is 0 Å². The maximum Gasteiger partial charge on any atom is 0.250 e. The van der Waals surface area contributed by atoms with E-state index in [2.05, 4.69) is 5.32 Å². The standard InChI is InChI=1S/C11H18N4O/c1-15(2)6-5-14-10-4-3-8(12)7-9(10)11(13)16/h3-4,7,14H,5-6,12H2,1-2H3,(H2,13,16). The quantitative estimate of drug-likeness (QED) is 0.627. The van der Waals surface area contributed by atoms with Crippen LogP contribution in [0.2, 0.25) is 0 Å². The lowest BCUT2D eigenvalue weighted by molar-refractivity contribution is 0.100. The van der Waals surface area contributed by atoms with Crippen molar-refractivity contribution in [2.45, 2.75) is 0 Å². The van der Waals surface area contributed by atoms with Crippen LogP contribution in [0.15, 0.2) is 18.2 Å². The largest absolute Gasteiger partial charge is 0.399 e. The molecule has 5 nitrogen and oxygen atoms in total. The van der Waals surface area contributed by atoms with Gasteiger partial charge in [-0.2, -0.15) is 0 Å². The number of primary amides is 1. The number of nitrogen functional groups attached to an aromatic ring is 1. The number of anilines is 2. The molecule has 1 aromatic carbocycles. The fourth-order valence-electron chi connectivity index (χ4n) is 1.33.